The number of nitrogens with one attached hydrogen (secondary N) is 2. The highest BCUT2D eigenvalue weighted by Gasteiger charge is 2.06. The number of aryl methyl sites for hydroxylation is 1. The SMILES string of the molecule is CC(=O)Nc1ccc(C)c(NC(=O)CCCN)c1. The molecule has 0 bridgehead atoms. The molecule has 0 fully saturated rings. The summed E-state index contributed by atoms with van der Waals surface area (Å²) in [5.74, 6) is -0.206. The molecule has 4 N–H and O–H groups in total. The van der Waals surface area contributed by atoms with E-state index in [2.05, 4.69) is 10.6 Å². The molecular formula is C13H19N3O2. The monoisotopic (exact) mass is 249 g/mol. The first kappa shape index (κ1) is 14.2. The van der Waals surface area contributed by atoms with Crippen LogP contribution in [0.15, 0.2) is 18.2 Å². The fourth-order valence-corrected chi connectivity index (χ4v) is 1.51. The van der Waals surface area contributed by atoms with E-state index in [9.17, 15) is 9.59 Å². The van der Waals surface area contributed by atoms with Crippen LogP contribution >= 0.6 is 0 Å². The second kappa shape index (κ2) is 6.76. The molecule has 0 atom stereocenters. The van der Waals surface area contributed by atoms with E-state index in [-0.39, 0.29) is 11.8 Å². The summed E-state index contributed by atoms with van der Waals surface area (Å²) >= 11 is 0. The minimum atomic E-state index is -0.140. The van der Waals surface area contributed by atoms with Gasteiger partial charge in [0.05, 0.1) is 0 Å². The topological polar surface area (TPSA) is 84.2 Å². The van der Waals surface area contributed by atoms with Gasteiger partial charge in [0.2, 0.25) is 11.8 Å². The van der Waals surface area contributed by atoms with Crippen molar-refractivity contribution < 1.29 is 9.59 Å². The Balaban J connectivity index is 2.74. The minimum absolute atomic E-state index is 0.0662. The van der Waals surface area contributed by atoms with Crippen molar-refractivity contribution in [1.29, 1.82) is 0 Å². The fourth-order valence-electron chi connectivity index (χ4n) is 1.51. The molecule has 0 unspecified atom stereocenters. The van der Waals surface area contributed by atoms with Gasteiger partial charge in [-0.15, -0.1) is 0 Å². The lowest BCUT2D eigenvalue weighted by molar-refractivity contribution is -0.116. The highest BCUT2D eigenvalue weighted by atomic mass is 16.2. The van der Waals surface area contributed by atoms with Crippen LogP contribution in [0, 0.1) is 6.92 Å². The molecule has 0 aliphatic heterocycles. The van der Waals surface area contributed by atoms with E-state index in [0.29, 0.717) is 30.8 Å². The number of nitrogens with two attached hydrogens (primary N) is 1. The molecule has 0 heterocycles. The zero-order valence-corrected chi connectivity index (χ0v) is 10.7. The number of benzene rings is 1. The van der Waals surface area contributed by atoms with Gasteiger partial charge in [0, 0.05) is 24.7 Å². The number of rotatable bonds is 5. The van der Waals surface area contributed by atoms with Crippen LogP contribution in [-0.4, -0.2) is 18.4 Å². The molecular weight excluding hydrogens is 230 g/mol. The molecule has 0 aliphatic carbocycles. The van der Waals surface area contributed by atoms with Gasteiger partial charge in [0.25, 0.3) is 0 Å². The predicted octanol–water partition coefficient (Wildman–Crippen LogP) is 1.63. The second-order valence-corrected chi connectivity index (χ2v) is 4.15. The Labute approximate surface area is 107 Å². The Morgan fingerprint density at radius 2 is 2.00 bits per heavy atom. The van der Waals surface area contributed by atoms with Crippen molar-refractivity contribution >= 4 is 23.2 Å². The molecule has 0 radical (unpaired) electrons. The molecule has 18 heavy (non-hydrogen) atoms. The van der Waals surface area contributed by atoms with E-state index in [4.69, 9.17) is 5.73 Å². The van der Waals surface area contributed by atoms with Crippen molar-refractivity contribution in [2.45, 2.75) is 26.7 Å². The Hall–Kier alpha value is -1.88. The van der Waals surface area contributed by atoms with E-state index in [0.717, 1.165) is 5.56 Å². The van der Waals surface area contributed by atoms with Gasteiger partial charge in [-0.05, 0) is 37.6 Å². The van der Waals surface area contributed by atoms with Crippen molar-refractivity contribution in [1.82, 2.24) is 0 Å². The molecule has 5 nitrogen and oxygen atoms in total. The van der Waals surface area contributed by atoms with Gasteiger partial charge in [-0.25, -0.2) is 0 Å². The van der Waals surface area contributed by atoms with Gasteiger partial charge in [0.1, 0.15) is 0 Å². The number of carbonyl (C=O) groups is 2. The van der Waals surface area contributed by atoms with Gasteiger partial charge < -0.3 is 16.4 Å². The summed E-state index contributed by atoms with van der Waals surface area (Å²) < 4.78 is 0. The Morgan fingerprint density at radius 1 is 1.28 bits per heavy atom. The lowest BCUT2D eigenvalue weighted by Gasteiger charge is -2.10. The van der Waals surface area contributed by atoms with Crippen molar-refractivity contribution in [2.75, 3.05) is 17.2 Å². The molecule has 0 saturated carbocycles. The molecule has 0 aromatic heterocycles. The molecule has 1 aromatic carbocycles. The first-order valence-electron chi connectivity index (χ1n) is 5.91. The standard InChI is InChI=1S/C13H19N3O2/c1-9-5-6-11(15-10(2)17)8-12(9)16-13(18)4-3-7-14/h5-6,8H,3-4,7,14H2,1-2H3,(H,15,17)(H,16,18). The predicted molar refractivity (Wildman–Crippen MR) is 72.4 cm³/mol. The summed E-state index contributed by atoms with van der Waals surface area (Å²) in [6.07, 6.45) is 1.07. The van der Waals surface area contributed by atoms with Crippen molar-refractivity contribution in [2.24, 2.45) is 5.73 Å². The Morgan fingerprint density at radius 3 is 2.61 bits per heavy atom. The van der Waals surface area contributed by atoms with Crippen molar-refractivity contribution in [3.8, 4) is 0 Å². The third-order valence-electron chi connectivity index (χ3n) is 2.44. The summed E-state index contributed by atoms with van der Waals surface area (Å²) in [4.78, 5) is 22.6. The Kier molecular flexibility index (Phi) is 5.32. The first-order valence-corrected chi connectivity index (χ1v) is 5.91. The van der Waals surface area contributed by atoms with Crippen molar-refractivity contribution in [3.63, 3.8) is 0 Å². The summed E-state index contributed by atoms with van der Waals surface area (Å²) in [7, 11) is 0. The third kappa shape index (κ3) is 4.55. The normalized spacial score (nSPS) is 9.94. The van der Waals surface area contributed by atoms with Crippen molar-refractivity contribution in [3.05, 3.63) is 23.8 Å². The molecule has 1 aromatic rings. The Bertz CT molecular complexity index is 444. The number of amides is 2. The minimum Gasteiger partial charge on any atom is -0.330 e. The maximum atomic E-state index is 11.6. The van der Waals surface area contributed by atoms with Crippen LogP contribution < -0.4 is 16.4 Å². The maximum Gasteiger partial charge on any atom is 0.224 e. The van der Waals surface area contributed by atoms with Crippen LogP contribution in [0.2, 0.25) is 0 Å². The average molecular weight is 249 g/mol. The maximum absolute atomic E-state index is 11.6. The average Bonchev–Trinajstić information content (AvgIpc) is 2.30. The third-order valence-corrected chi connectivity index (χ3v) is 2.44. The van der Waals surface area contributed by atoms with Gasteiger partial charge in [0.15, 0.2) is 0 Å². The van der Waals surface area contributed by atoms with Gasteiger partial charge in [-0.3, -0.25) is 9.59 Å². The second-order valence-electron chi connectivity index (χ2n) is 4.15. The van der Waals surface area contributed by atoms with Gasteiger partial charge in [-0.1, -0.05) is 6.07 Å². The fraction of sp³-hybridized carbons (Fsp3) is 0.385. The largest absolute Gasteiger partial charge is 0.330 e. The zero-order valence-electron chi connectivity index (χ0n) is 10.7. The molecule has 0 spiro atoms. The highest BCUT2D eigenvalue weighted by molar-refractivity contribution is 5.94. The summed E-state index contributed by atoms with van der Waals surface area (Å²) in [6.45, 7) is 3.84. The molecule has 5 heteroatoms. The van der Waals surface area contributed by atoms with Crippen LogP contribution in [0.5, 0.6) is 0 Å². The lowest BCUT2D eigenvalue weighted by atomic mass is 10.1. The summed E-state index contributed by atoms with van der Waals surface area (Å²) in [5.41, 5.74) is 7.68. The van der Waals surface area contributed by atoms with Crippen LogP contribution in [0.3, 0.4) is 0 Å². The number of anilines is 2. The van der Waals surface area contributed by atoms with E-state index in [1.54, 1.807) is 12.1 Å². The molecule has 98 valence electrons. The molecule has 1 rings (SSSR count). The van der Waals surface area contributed by atoms with Gasteiger partial charge in [-0.2, -0.15) is 0 Å². The van der Waals surface area contributed by atoms with E-state index < -0.39 is 0 Å². The first-order chi connectivity index (χ1) is 8.52. The highest BCUT2D eigenvalue weighted by Crippen LogP contribution is 2.20. The van der Waals surface area contributed by atoms with Crippen LogP contribution in [-0.2, 0) is 9.59 Å². The van der Waals surface area contributed by atoms with Crippen LogP contribution in [0.1, 0.15) is 25.3 Å². The number of hydrogen-bond donors (Lipinski definition) is 3. The lowest BCUT2D eigenvalue weighted by Crippen LogP contribution is -2.14. The van der Waals surface area contributed by atoms with Gasteiger partial charge >= 0.3 is 0 Å². The van der Waals surface area contributed by atoms with E-state index in [1.165, 1.54) is 6.92 Å². The number of carbonyl (C=O) groups excluding carboxylic acids is 2. The van der Waals surface area contributed by atoms with Crippen LogP contribution in [0.4, 0.5) is 11.4 Å². The number of hydrogen-bond acceptors (Lipinski definition) is 3. The smallest absolute Gasteiger partial charge is 0.224 e. The zero-order chi connectivity index (χ0) is 13.5. The summed E-state index contributed by atoms with van der Waals surface area (Å²) in [5, 5.41) is 5.49. The molecule has 0 aliphatic rings. The molecule has 0 saturated heterocycles. The molecule has 2 amide bonds. The van der Waals surface area contributed by atoms with Crippen LogP contribution in [0.25, 0.3) is 0 Å². The quantitative estimate of drug-likeness (QED) is 0.741. The summed E-state index contributed by atoms with van der Waals surface area (Å²) in [6, 6.07) is 5.40. The van der Waals surface area contributed by atoms with E-state index >= 15 is 0 Å². The van der Waals surface area contributed by atoms with E-state index in [1.807, 2.05) is 13.0 Å².